The molecule has 0 aromatic carbocycles. The Labute approximate surface area is 95.5 Å². The SMILES string of the molecule is COC1=CC(CN(C)C)C(C)C=C1[N+](=O)[O-]. The highest BCUT2D eigenvalue weighted by Gasteiger charge is 2.29. The lowest BCUT2D eigenvalue weighted by Crippen LogP contribution is -2.27. The van der Waals surface area contributed by atoms with Gasteiger partial charge < -0.3 is 9.64 Å². The molecule has 2 unspecified atom stereocenters. The van der Waals surface area contributed by atoms with Crippen LogP contribution in [-0.4, -0.2) is 37.6 Å². The lowest BCUT2D eigenvalue weighted by atomic mass is 9.88. The summed E-state index contributed by atoms with van der Waals surface area (Å²) in [5.74, 6) is 0.783. The van der Waals surface area contributed by atoms with Crippen LogP contribution < -0.4 is 0 Å². The van der Waals surface area contributed by atoms with Gasteiger partial charge in [-0.2, -0.15) is 0 Å². The highest BCUT2D eigenvalue weighted by Crippen LogP contribution is 2.28. The summed E-state index contributed by atoms with van der Waals surface area (Å²) in [5, 5.41) is 10.8. The molecule has 0 spiro atoms. The van der Waals surface area contributed by atoms with Crippen molar-refractivity contribution in [2.24, 2.45) is 11.8 Å². The number of methoxy groups -OCH3 is 1. The van der Waals surface area contributed by atoms with E-state index in [1.807, 2.05) is 27.1 Å². The number of nitrogens with zero attached hydrogens (tertiary/aromatic N) is 2. The Balaban J connectivity index is 2.91. The monoisotopic (exact) mass is 226 g/mol. The van der Waals surface area contributed by atoms with Crippen LogP contribution in [0.1, 0.15) is 6.92 Å². The lowest BCUT2D eigenvalue weighted by molar-refractivity contribution is -0.425. The van der Waals surface area contributed by atoms with Crippen molar-refractivity contribution in [3.63, 3.8) is 0 Å². The highest BCUT2D eigenvalue weighted by atomic mass is 16.6. The van der Waals surface area contributed by atoms with E-state index in [4.69, 9.17) is 4.74 Å². The zero-order valence-electron chi connectivity index (χ0n) is 10.1. The Morgan fingerprint density at radius 3 is 2.56 bits per heavy atom. The van der Waals surface area contributed by atoms with E-state index in [1.54, 1.807) is 6.08 Å². The average Bonchev–Trinajstić information content (AvgIpc) is 2.19. The molecule has 1 aliphatic rings. The van der Waals surface area contributed by atoms with Crippen LogP contribution >= 0.6 is 0 Å². The molecule has 0 aromatic rings. The summed E-state index contributed by atoms with van der Waals surface area (Å²) >= 11 is 0. The van der Waals surface area contributed by atoms with Crippen molar-refractivity contribution < 1.29 is 9.66 Å². The van der Waals surface area contributed by atoms with Crippen LogP contribution in [0.4, 0.5) is 0 Å². The fourth-order valence-corrected chi connectivity index (χ4v) is 1.85. The number of ether oxygens (including phenoxy) is 1. The zero-order valence-corrected chi connectivity index (χ0v) is 10.1. The van der Waals surface area contributed by atoms with Crippen LogP contribution in [0, 0.1) is 22.0 Å². The first-order chi connectivity index (χ1) is 7.45. The third-order valence-corrected chi connectivity index (χ3v) is 2.71. The van der Waals surface area contributed by atoms with Crippen molar-refractivity contribution in [1.29, 1.82) is 0 Å². The molecule has 90 valence electrons. The van der Waals surface area contributed by atoms with Crippen LogP contribution in [-0.2, 0) is 4.74 Å². The van der Waals surface area contributed by atoms with Gasteiger partial charge in [-0.25, -0.2) is 0 Å². The van der Waals surface area contributed by atoms with E-state index in [0.29, 0.717) is 5.76 Å². The van der Waals surface area contributed by atoms with Crippen molar-refractivity contribution in [1.82, 2.24) is 4.90 Å². The topological polar surface area (TPSA) is 55.6 Å². The Kier molecular flexibility index (Phi) is 4.06. The molecule has 2 atom stereocenters. The molecule has 5 heteroatoms. The maximum atomic E-state index is 10.8. The van der Waals surface area contributed by atoms with Crippen molar-refractivity contribution in [3.05, 3.63) is 33.7 Å². The minimum absolute atomic E-state index is 0.0741. The van der Waals surface area contributed by atoms with Crippen LogP contribution in [0.3, 0.4) is 0 Å². The smallest absolute Gasteiger partial charge is 0.306 e. The van der Waals surface area contributed by atoms with E-state index >= 15 is 0 Å². The number of allylic oxidation sites excluding steroid dienone is 1. The summed E-state index contributed by atoms with van der Waals surface area (Å²) in [7, 11) is 5.44. The fraction of sp³-hybridized carbons (Fsp3) is 0.636. The van der Waals surface area contributed by atoms with Crippen LogP contribution in [0.2, 0.25) is 0 Å². The van der Waals surface area contributed by atoms with Gasteiger partial charge >= 0.3 is 5.70 Å². The summed E-state index contributed by atoms with van der Waals surface area (Å²) in [6.07, 6.45) is 3.52. The summed E-state index contributed by atoms with van der Waals surface area (Å²) in [5.41, 5.74) is 0.0741. The molecule has 0 amide bonds. The van der Waals surface area contributed by atoms with Crippen LogP contribution in [0.15, 0.2) is 23.6 Å². The number of hydrogen-bond donors (Lipinski definition) is 0. The second-order valence-corrected chi connectivity index (χ2v) is 4.33. The second-order valence-electron chi connectivity index (χ2n) is 4.33. The molecule has 0 heterocycles. The minimum atomic E-state index is -0.391. The summed E-state index contributed by atoms with van der Waals surface area (Å²) in [6, 6.07) is 0. The van der Waals surface area contributed by atoms with Crippen LogP contribution in [0.25, 0.3) is 0 Å². The van der Waals surface area contributed by atoms with Gasteiger partial charge in [0, 0.05) is 12.6 Å². The number of rotatable bonds is 4. The highest BCUT2D eigenvalue weighted by molar-refractivity contribution is 5.26. The fourth-order valence-electron chi connectivity index (χ4n) is 1.85. The predicted molar refractivity (Wildman–Crippen MR) is 61.4 cm³/mol. The summed E-state index contributed by atoms with van der Waals surface area (Å²) < 4.78 is 5.06. The second kappa shape index (κ2) is 5.12. The molecule has 0 aromatic heterocycles. The molecule has 1 rings (SSSR count). The van der Waals surface area contributed by atoms with E-state index in [-0.39, 0.29) is 17.5 Å². The molecule has 1 aliphatic carbocycles. The Morgan fingerprint density at radius 1 is 1.50 bits per heavy atom. The van der Waals surface area contributed by atoms with Gasteiger partial charge in [0.15, 0.2) is 5.76 Å². The zero-order chi connectivity index (χ0) is 12.3. The third kappa shape index (κ3) is 2.82. The molecule has 0 saturated heterocycles. The normalized spacial score (nSPS) is 25.1. The first-order valence-corrected chi connectivity index (χ1v) is 5.22. The van der Waals surface area contributed by atoms with Crippen LogP contribution in [0.5, 0.6) is 0 Å². The van der Waals surface area contributed by atoms with Gasteiger partial charge in [0.25, 0.3) is 0 Å². The van der Waals surface area contributed by atoms with E-state index in [0.717, 1.165) is 6.54 Å². The van der Waals surface area contributed by atoms with Gasteiger partial charge in [-0.3, -0.25) is 10.1 Å². The Bertz CT molecular complexity index is 334. The standard InChI is InChI=1S/C11H18N2O3/c1-8-5-10(13(14)15)11(16-4)6-9(8)7-12(2)3/h5-6,8-9H,7H2,1-4H3. The largest absolute Gasteiger partial charge is 0.490 e. The average molecular weight is 226 g/mol. The van der Waals surface area contributed by atoms with Crippen molar-refractivity contribution in [2.75, 3.05) is 27.7 Å². The van der Waals surface area contributed by atoms with Crippen molar-refractivity contribution in [3.8, 4) is 0 Å². The maximum Gasteiger partial charge on any atom is 0.306 e. The molecule has 0 saturated carbocycles. The molecular formula is C11H18N2O3. The molecule has 0 fully saturated rings. The van der Waals surface area contributed by atoms with Gasteiger partial charge in [0.2, 0.25) is 0 Å². The summed E-state index contributed by atoms with van der Waals surface area (Å²) in [6.45, 7) is 2.84. The molecule has 0 radical (unpaired) electrons. The van der Waals surface area contributed by atoms with Gasteiger partial charge in [-0.1, -0.05) is 6.92 Å². The van der Waals surface area contributed by atoms with E-state index in [2.05, 4.69) is 4.90 Å². The van der Waals surface area contributed by atoms with E-state index < -0.39 is 4.92 Å². The minimum Gasteiger partial charge on any atom is -0.490 e. The summed E-state index contributed by atoms with van der Waals surface area (Å²) in [4.78, 5) is 12.5. The first kappa shape index (κ1) is 12.7. The van der Waals surface area contributed by atoms with Gasteiger partial charge in [-0.05, 0) is 32.0 Å². The molecule has 0 aliphatic heterocycles. The lowest BCUT2D eigenvalue weighted by Gasteiger charge is -2.25. The third-order valence-electron chi connectivity index (χ3n) is 2.71. The van der Waals surface area contributed by atoms with Crippen molar-refractivity contribution >= 4 is 0 Å². The van der Waals surface area contributed by atoms with Gasteiger partial charge in [-0.15, -0.1) is 0 Å². The van der Waals surface area contributed by atoms with Crippen molar-refractivity contribution in [2.45, 2.75) is 6.92 Å². The van der Waals surface area contributed by atoms with Gasteiger partial charge in [0.1, 0.15) is 0 Å². The molecule has 0 bridgehead atoms. The molecule has 5 nitrogen and oxygen atoms in total. The number of nitro groups is 1. The van der Waals surface area contributed by atoms with Gasteiger partial charge in [0.05, 0.1) is 12.0 Å². The molecule has 16 heavy (non-hydrogen) atoms. The Morgan fingerprint density at radius 2 is 2.12 bits per heavy atom. The molecule has 0 N–H and O–H groups in total. The first-order valence-electron chi connectivity index (χ1n) is 5.22. The quantitative estimate of drug-likeness (QED) is 0.538. The maximum absolute atomic E-state index is 10.8. The predicted octanol–water partition coefficient (Wildman–Crippen LogP) is 1.50. The van der Waals surface area contributed by atoms with E-state index in [9.17, 15) is 10.1 Å². The van der Waals surface area contributed by atoms with E-state index in [1.165, 1.54) is 7.11 Å². The molecular weight excluding hydrogens is 208 g/mol. The Hall–Kier alpha value is -1.36. The number of hydrogen-bond acceptors (Lipinski definition) is 4.